The van der Waals surface area contributed by atoms with Crippen LogP contribution in [-0.4, -0.2) is 18.5 Å². The van der Waals surface area contributed by atoms with Crippen LogP contribution in [0.1, 0.15) is 18.9 Å². The quantitative estimate of drug-likeness (QED) is 0.736. The van der Waals surface area contributed by atoms with Gasteiger partial charge in [0, 0.05) is 13.0 Å². The van der Waals surface area contributed by atoms with Gasteiger partial charge in [0.25, 0.3) is 0 Å². The molecule has 76 valence electrons. The molecule has 3 heteroatoms. The molecule has 0 saturated carbocycles. The summed E-state index contributed by atoms with van der Waals surface area (Å²) in [5.74, 6) is 0.519. The zero-order valence-electron chi connectivity index (χ0n) is 8.23. The number of carbonyl (C=O) groups is 1. The lowest BCUT2D eigenvalue weighted by molar-refractivity contribution is -0.128. The molecule has 0 bridgehead atoms. The van der Waals surface area contributed by atoms with Crippen LogP contribution in [0.4, 0.5) is 0 Å². The molecule has 1 fully saturated rings. The Balaban J connectivity index is 1.95. The van der Waals surface area contributed by atoms with Crippen LogP contribution in [0.15, 0.2) is 23.0 Å². The largest absolute Gasteiger partial charge is 0.472 e. The van der Waals surface area contributed by atoms with Gasteiger partial charge in [0.15, 0.2) is 5.78 Å². The van der Waals surface area contributed by atoms with Crippen molar-refractivity contribution in [2.75, 3.05) is 6.61 Å². The van der Waals surface area contributed by atoms with Crippen LogP contribution in [0, 0.1) is 5.92 Å². The normalized spacial score (nSPS) is 26.6. The summed E-state index contributed by atoms with van der Waals surface area (Å²) in [5, 5.41) is 0. The van der Waals surface area contributed by atoms with E-state index in [1.54, 1.807) is 12.5 Å². The van der Waals surface area contributed by atoms with Gasteiger partial charge in [-0.3, -0.25) is 4.79 Å². The van der Waals surface area contributed by atoms with Crippen LogP contribution < -0.4 is 0 Å². The monoisotopic (exact) mass is 194 g/mol. The van der Waals surface area contributed by atoms with Crippen LogP contribution in [0.5, 0.6) is 0 Å². The maximum absolute atomic E-state index is 11.8. The molecular formula is C11H14O3. The molecule has 0 radical (unpaired) electrons. The van der Waals surface area contributed by atoms with E-state index in [2.05, 4.69) is 6.92 Å². The number of hydrogen-bond donors (Lipinski definition) is 0. The molecule has 0 N–H and O–H groups in total. The number of hydrogen-bond acceptors (Lipinski definition) is 3. The van der Waals surface area contributed by atoms with Gasteiger partial charge in [-0.2, -0.15) is 0 Å². The number of furan rings is 1. The van der Waals surface area contributed by atoms with Gasteiger partial charge >= 0.3 is 0 Å². The van der Waals surface area contributed by atoms with Gasteiger partial charge in [0.2, 0.25) is 0 Å². The fourth-order valence-corrected chi connectivity index (χ4v) is 1.80. The van der Waals surface area contributed by atoms with Crippen LogP contribution in [-0.2, 0) is 16.0 Å². The van der Waals surface area contributed by atoms with Crippen LogP contribution in [0.25, 0.3) is 0 Å². The maximum atomic E-state index is 11.8. The highest BCUT2D eigenvalue weighted by Crippen LogP contribution is 2.22. The van der Waals surface area contributed by atoms with Gasteiger partial charge in [0.05, 0.1) is 12.5 Å². The number of ketones is 1. The van der Waals surface area contributed by atoms with Gasteiger partial charge in [-0.05, 0) is 24.0 Å². The lowest BCUT2D eigenvalue weighted by Crippen LogP contribution is -2.26. The van der Waals surface area contributed by atoms with Crippen molar-refractivity contribution in [1.82, 2.24) is 0 Å². The lowest BCUT2D eigenvalue weighted by Gasteiger charge is -2.11. The summed E-state index contributed by atoms with van der Waals surface area (Å²) in [6.45, 7) is 2.77. The van der Waals surface area contributed by atoms with E-state index in [1.807, 2.05) is 6.07 Å². The Bertz CT molecular complexity index is 302. The summed E-state index contributed by atoms with van der Waals surface area (Å²) in [6.07, 6.45) is 4.40. The topological polar surface area (TPSA) is 39.4 Å². The molecule has 1 aliphatic rings. The van der Waals surface area contributed by atoms with Crippen LogP contribution in [0.3, 0.4) is 0 Å². The van der Waals surface area contributed by atoms with Gasteiger partial charge in [-0.1, -0.05) is 6.92 Å². The minimum absolute atomic E-state index is 0.163. The van der Waals surface area contributed by atoms with Gasteiger partial charge in [-0.25, -0.2) is 0 Å². The minimum Gasteiger partial charge on any atom is -0.472 e. The van der Waals surface area contributed by atoms with E-state index in [1.165, 1.54) is 0 Å². The molecule has 1 saturated heterocycles. The summed E-state index contributed by atoms with van der Waals surface area (Å²) in [4.78, 5) is 11.8. The molecule has 2 atom stereocenters. The second-order valence-electron chi connectivity index (χ2n) is 3.83. The zero-order chi connectivity index (χ0) is 9.97. The summed E-state index contributed by atoms with van der Waals surface area (Å²) in [6, 6.07) is 1.82. The Hall–Kier alpha value is -1.09. The van der Waals surface area contributed by atoms with E-state index < -0.39 is 0 Å². The maximum Gasteiger partial charge on any atom is 0.166 e. The van der Waals surface area contributed by atoms with E-state index >= 15 is 0 Å². The lowest BCUT2D eigenvalue weighted by atomic mass is 9.97. The zero-order valence-corrected chi connectivity index (χ0v) is 8.23. The first kappa shape index (κ1) is 9.46. The fraction of sp³-hybridized carbons (Fsp3) is 0.545. The Labute approximate surface area is 83.0 Å². The molecule has 0 amide bonds. The molecule has 2 heterocycles. The molecule has 1 aromatic heterocycles. The predicted molar refractivity (Wildman–Crippen MR) is 50.9 cm³/mol. The highest BCUT2D eigenvalue weighted by Gasteiger charge is 2.30. The van der Waals surface area contributed by atoms with E-state index in [9.17, 15) is 4.79 Å². The number of ether oxygens (including phenoxy) is 1. The van der Waals surface area contributed by atoms with E-state index in [-0.39, 0.29) is 11.9 Å². The van der Waals surface area contributed by atoms with Crippen molar-refractivity contribution in [3.8, 4) is 0 Å². The predicted octanol–water partition coefficient (Wildman–Crippen LogP) is 1.82. The molecule has 0 aromatic carbocycles. The second-order valence-corrected chi connectivity index (χ2v) is 3.83. The molecule has 1 aromatic rings. The van der Waals surface area contributed by atoms with Crippen molar-refractivity contribution >= 4 is 5.78 Å². The number of carbonyl (C=O) groups excluding carboxylic acids is 1. The first-order valence-corrected chi connectivity index (χ1v) is 4.93. The highest BCUT2D eigenvalue weighted by atomic mass is 16.5. The van der Waals surface area contributed by atoms with Gasteiger partial charge in [0.1, 0.15) is 6.10 Å². The number of Topliss-reactive ketones (excluding diaryl/α,β-unsaturated/α-hetero) is 1. The fourth-order valence-electron chi connectivity index (χ4n) is 1.80. The number of rotatable bonds is 3. The second kappa shape index (κ2) is 3.96. The van der Waals surface area contributed by atoms with Crippen LogP contribution in [0.2, 0.25) is 0 Å². The molecule has 0 aliphatic carbocycles. The van der Waals surface area contributed by atoms with E-state index in [0.717, 1.165) is 12.0 Å². The van der Waals surface area contributed by atoms with Crippen molar-refractivity contribution in [3.05, 3.63) is 24.2 Å². The summed E-state index contributed by atoms with van der Waals surface area (Å²) < 4.78 is 10.3. The smallest absolute Gasteiger partial charge is 0.166 e. The first-order chi connectivity index (χ1) is 6.77. The molecule has 2 rings (SSSR count). The molecular weight excluding hydrogens is 180 g/mol. The molecule has 2 unspecified atom stereocenters. The van der Waals surface area contributed by atoms with E-state index in [0.29, 0.717) is 18.9 Å². The molecule has 1 aliphatic heterocycles. The Kier molecular flexibility index (Phi) is 2.68. The summed E-state index contributed by atoms with van der Waals surface area (Å²) in [5.41, 5.74) is 0.928. The molecule has 0 spiro atoms. The molecule has 14 heavy (non-hydrogen) atoms. The van der Waals surface area contributed by atoms with Crippen molar-refractivity contribution in [2.24, 2.45) is 5.92 Å². The Morgan fingerprint density at radius 3 is 3.07 bits per heavy atom. The van der Waals surface area contributed by atoms with Crippen LogP contribution >= 0.6 is 0 Å². The summed E-state index contributed by atoms with van der Waals surface area (Å²) >= 11 is 0. The van der Waals surface area contributed by atoms with Gasteiger partial charge < -0.3 is 9.15 Å². The van der Waals surface area contributed by atoms with Gasteiger partial charge in [-0.15, -0.1) is 0 Å². The standard InChI is InChI=1S/C11H14O3/c1-8-2-5-14-11(8)10(12)6-9-3-4-13-7-9/h3-4,7-8,11H,2,5-6H2,1H3. The third kappa shape index (κ3) is 1.87. The third-order valence-electron chi connectivity index (χ3n) is 2.66. The van der Waals surface area contributed by atoms with Crippen molar-refractivity contribution in [2.45, 2.75) is 25.9 Å². The first-order valence-electron chi connectivity index (χ1n) is 4.93. The highest BCUT2D eigenvalue weighted by molar-refractivity contribution is 5.85. The Morgan fingerprint density at radius 2 is 2.50 bits per heavy atom. The van der Waals surface area contributed by atoms with E-state index in [4.69, 9.17) is 9.15 Å². The summed E-state index contributed by atoms with van der Waals surface area (Å²) in [7, 11) is 0. The van der Waals surface area contributed by atoms with Crippen molar-refractivity contribution in [1.29, 1.82) is 0 Å². The average molecular weight is 194 g/mol. The minimum atomic E-state index is -0.204. The SMILES string of the molecule is CC1CCOC1C(=O)Cc1ccoc1. The third-order valence-corrected chi connectivity index (χ3v) is 2.66. The van der Waals surface area contributed by atoms with Crippen molar-refractivity contribution in [3.63, 3.8) is 0 Å². The van der Waals surface area contributed by atoms with Crippen molar-refractivity contribution < 1.29 is 13.9 Å². The Morgan fingerprint density at radius 1 is 1.64 bits per heavy atom. The average Bonchev–Trinajstić information content (AvgIpc) is 2.75. The molecule has 3 nitrogen and oxygen atoms in total.